The van der Waals surface area contributed by atoms with Crippen molar-refractivity contribution in [1.82, 2.24) is 20.5 Å². The summed E-state index contributed by atoms with van der Waals surface area (Å²) in [5.41, 5.74) is 3.41. The molecule has 3 heterocycles. The number of hydrogen-bond acceptors (Lipinski definition) is 5. The van der Waals surface area contributed by atoms with E-state index in [2.05, 4.69) is 21.7 Å². The van der Waals surface area contributed by atoms with E-state index in [1.807, 2.05) is 38.1 Å². The summed E-state index contributed by atoms with van der Waals surface area (Å²) < 4.78 is 6.56. The minimum atomic E-state index is -0.392. The maximum atomic E-state index is 12.7. The lowest BCUT2D eigenvalue weighted by Crippen LogP contribution is -2.44. The molecule has 1 fully saturated rings. The molecule has 4 rings (SSSR count). The minimum absolute atomic E-state index is 0.0681. The van der Waals surface area contributed by atoms with Crippen LogP contribution in [0.3, 0.4) is 0 Å². The van der Waals surface area contributed by atoms with Crippen molar-refractivity contribution >= 4 is 17.4 Å². The van der Waals surface area contributed by atoms with E-state index < -0.39 is 5.60 Å². The highest BCUT2D eigenvalue weighted by Crippen LogP contribution is 2.44. The molecule has 0 aromatic carbocycles. The van der Waals surface area contributed by atoms with Crippen molar-refractivity contribution in [1.29, 1.82) is 0 Å². The van der Waals surface area contributed by atoms with Gasteiger partial charge in [-0.25, -0.2) is 0 Å². The molecule has 7 nitrogen and oxygen atoms in total. The number of rotatable bonds is 5. The number of likely N-dealkylation sites (N-methyl/N-ethyl adjacent to an activating group) is 1. The number of carbonyl (C=O) groups is 2. The summed E-state index contributed by atoms with van der Waals surface area (Å²) >= 11 is 0. The highest BCUT2D eigenvalue weighted by Gasteiger charge is 2.39. The molecule has 2 N–H and O–H groups in total. The number of amides is 2. The highest BCUT2D eigenvalue weighted by atomic mass is 16.5. The van der Waals surface area contributed by atoms with E-state index in [0.29, 0.717) is 30.8 Å². The number of piperidine rings is 1. The van der Waals surface area contributed by atoms with E-state index in [9.17, 15) is 9.59 Å². The fraction of sp³-hybridized carbons (Fsp3) is 0.423. The van der Waals surface area contributed by atoms with Crippen molar-refractivity contribution in [2.24, 2.45) is 0 Å². The molecule has 0 radical (unpaired) electrons. The van der Waals surface area contributed by atoms with Gasteiger partial charge in [-0.1, -0.05) is 12.1 Å². The zero-order valence-electron chi connectivity index (χ0n) is 19.6. The second kappa shape index (κ2) is 9.75. The van der Waals surface area contributed by atoms with E-state index in [1.165, 1.54) is 0 Å². The molecule has 0 saturated carbocycles. The van der Waals surface area contributed by atoms with Gasteiger partial charge in [-0.3, -0.25) is 14.6 Å². The number of aromatic nitrogens is 1. The average Bonchev–Trinajstić information content (AvgIpc) is 3.06. The Hall–Kier alpha value is -3.19. The molecule has 1 aliphatic carbocycles. The molecule has 1 spiro atoms. The maximum absolute atomic E-state index is 12.7. The molecule has 0 bridgehead atoms. The Morgan fingerprint density at radius 3 is 2.55 bits per heavy atom. The largest absolute Gasteiger partial charge is 0.483 e. The Kier molecular flexibility index (Phi) is 6.79. The van der Waals surface area contributed by atoms with Crippen molar-refractivity contribution < 1.29 is 14.3 Å². The predicted molar refractivity (Wildman–Crippen MR) is 128 cm³/mol. The van der Waals surface area contributed by atoms with Gasteiger partial charge < -0.3 is 20.3 Å². The summed E-state index contributed by atoms with van der Waals surface area (Å²) in [5, 5.41) is 6.12. The Morgan fingerprint density at radius 2 is 1.91 bits per heavy atom. The molecule has 2 aliphatic heterocycles. The number of allylic oxidation sites excluding steroid dienone is 3. The molecule has 33 heavy (non-hydrogen) atoms. The van der Waals surface area contributed by atoms with Gasteiger partial charge in [0.25, 0.3) is 11.8 Å². The second-order valence-electron chi connectivity index (χ2n) is 8.49. The molecule has 7 heteroatoms. The fourth-order valence-corrected chi connectivity index (χ4v) is 4.58. The van der Waals surface area contributed by atoms with Gasteiger partial charge in [-0.15, -0.1) is 0 Å². The van der Waals surface area contributed by atoms with Crippen LogP contribution in [0, 0.1) is 0 Å². The van der Waals surface area contributed by atoms with Gasteiger partial charge in [0.1, 0.15) is 17.1 Å². The molecule has 1 aromatic rings. The number of hydrogen-bond donors (Lipinski definition) is 2. The average molecular weight is 449 g/mol. The van der Waals surface area contributed by atoms with E-state index in [1.54, 1.807) is 24.2 Å². The summed E-state index contributed by atoms with van der Waals surface area (Å²) in [6.07, 6.45) is 12.1. The number of fused-ring (bicyclic) bond motifs is 1. The van der Waals surface area contributed by atoms with Crippen LogP contribution < -0.4 is 10.6 Å². The van der Waals surface area contributed by atoms with Crippen LogP contribution in [0.15, 0.2) is 59.5 Å². The van der Waals surface area contributed by atoms with Crippen LogP contribution >= 0.6 is 0 Å². The fourth-order valence-electron chi connectivity index (χ4n) is 4.58. The van der Waals surface area contributed by atoms with Gasteiger partial charge in [-0.05, 0) is 63.2 Å². The van der Waals surface area contributed by atoms with Crippen LogP contribution in [0.25, 0.3) is 5.57 Å². The van der Waals surface area contributed by atoms with Crippen LogP contribution in [-0.4, -0.2) is 60.5 Å². The first-order valence-electron chi connectivity index (χ1n) is 11.7. The lowest BCUT2D eigenvalue weighted by Gasteiger charge is -2.41. The SMILES string of the molecule is CCN(CC)C(=O)c1ccc(C2=CC3(CCNCC3)OC3=CCC=C(C(=O)NC)C=C32)cn1. The number of nitrogens with zero attached hydrogens (tertiary/aromatic N) is 2. The monoisotopic (exact) mass is 448 g/mol. The standard InChI is InChI=1S/C26H32N4O3/c1-4-30(5-2)25(32)22-10-9-19(17-29-22)21-16-26(11-13-28-14-12-26)33-23-8-6-7-18(15-20(21)23)24(31)27-3/h7-10,15-17,28H,4-6,11-14H2,1-3H3,(H,27,31). The maximum Gasteiger partial charge on any atom is 0.272 e. The molecule has 3 aliphatic rings. The van der Waals surface area contributed by atoms with Crippen molar-refractivity contribution in [3.8, 4) is 0 Å². The summed E-state index contributed by atoms with van der Waals surface area (Å²) in [6.45, 7) is 6.98. The van der Waals surface area contributed by atoms with Crippen LogP contribution in [0.4, 0.5) is 0 Å². The summed E-state index contributed by atoms with van der Waals surface area (Å²) in [4.78, 5) is 31.4. The summed E-state index contributed by atoms with van der Waals surface area (Å²) in [5.74, 6) is 0.603. The van der Waals surface area contributed by atoms with Crippen molar-refractivity contribution in [3.63, 3.8) is 0 Å². The minimum Gasteiger partial charge on any atom is -0.483 e. The van der Waals surface area contributed by atoms with Crippen LogP contribution in [-0.2, 0) is 9.53 Å². The lowest BCUT2D eigenvalue weighted by molar-refractivity contribution is -0.116. The quantitative estimate of drug-likeness (QED) is 0.724. The van der Waals surface area contributed by atoms with E-state index in [0.717, 1.165) is 48.4 Å². The molecule has 2 amide bonds. The van der Waals surface area contributed by atoms with Crippen molar-refractivity contribution in [2.75, 3.05) is 33.2 Å². The third-order valence-corrected chi connectivity index (χ3v) is 6.50. The van der Waals surface area contributed by atoms with Gasteiger partial charge in [0.2, 0.25) is 0 Å². The second-order valence-corrected chi connectivity index (χ2v) is 8.49. The van der Waals surface area contributed by atoms with Gasteiger partial charge in [-0.2, -0.15) is 0 Å². The number of carbonyl (C=O) groups excluding carboxylic acids is 2. The molecule has 1 saturated heterocycles. The molecular weight excluding hydrogens is 416 g/mol. The van der Waals surface area contributed by atoms with Gasteiger partial charge >= 0.3 is 0 Å². The lowest BCUT2D eigenvalue weighted by atomic mass is 9.82. The molecule has 0 atom stereocenters. The van der Waals surface area contributed by atoms with Crippen molar-refractivity contribution in [2.45, 2.75) is 38.7 Å². The van der Waals surface area contributed by atoms with Crippen LogP contribution in [0.1, 0.15) is 49.2 Å². The van der Waals surface area contributed by atoms with Crippen LogP contribution in [0.2, 0.25) is 0 Å². The van der Waals surface area contributed by atoms with Crippen LogP contribution in [0.5, 0.6) is 0 Å². The topological polar surface area (TPSA) is 83.6 Å². The number of nitrogens with one attached hydrogen (secondary N) is 2. The van der Waals surface area contributed by atoms with Gasteiger partial charge in [0.05, 0.1) is 0 Å². The van der Waals surface area contributed by atoms with Crippen molar-refractivity contribution in [3.05, 3.63) is 70.8 Å². The predicted octanol–water partition coefficient (Wildman–Crippen LogP) is 2.99. The number of pyridine rings is 1. The molecule has 1 aromatic heterocycles. The van der Waals surface area contributed by atoms with E-state index >= 15 is 0 Å². The number of ether oxygens (including phenoxy) is 1. The summed E-state index contributed by atoms with van der Waals surface area (Å²) in [6, 6.07) is 3.74. The Balaban J connectivity index is 1.77. The van der Waals surface area contributed by atoms with Gasteiger partial charge in [0, 0.05) is 55.9 Å². The van der Waals surface area contributed by atoms with E-state index in [-0.39, 0.29) is 11.8 Å². The first-order valence-corrected chi connectivity index (χ1v) is 11.7. The first kappa shape index (κ1) is 23.0. The third-order valence-electron chi connectivity index (χ3n) is 6.50. The van der Waals surface area contributed by atoms with Gasteiger partial charge in [0.15, 0.2) is 0 Å². The summed E-state index contributed by atoms with van der Waals surface area (Å²) in [7, 11) is 1.63. The smallest absolute Gasteiger partial charge is 0.272 e. The Bertz CT molecular complexity index is 1040. The molecule has 0 unspecified atom stereocenters. The third kappa shape index (κ3) is 4.64. The molecular formula is C26H32N4O3. The zero-order chi connectivity index (χ0) is 23.4. The van der Waals surface area contributed by atoms with E-state index in [4.69, 9.17) is 4.74 Å². The Labute approximate surface area is 195 Å². The normalized spacial score (nSPS) is 19.1. The Morgan fingerprint density at radius 1 is 1.15 bits per heavy atom. The highest BCUT2D eigenvalue weighted by molar-refractivity contribution is 5.99. The molecule has 174 valence electrons. The zero-order valence-corrected chi connectivity index (χ0v) is 19.6. The first-order chi connectivity index (χ1) is 16.0.